The number of aryl methyl sites for hydroxylation is 1. The molecule has 3 aliphatic heterocycles. The van der Waals surface area contributed by atoms with E-state index in [1.165, 1.54) is 12.1 Å². The number of benzene rings is 4. The van der Waals surface area contributed by atoms with Crippen molar-refractivity contribution in [2.24, 2.45) is 0 Å². The van der Waals surface area contributed by atoms with Crippen LogP contribution in [0.5, 0.6) is 23.0 Å². The van der Waals surface area contributed by atoms with Crippen LogP contribution in [0.1, 0.15) is 108 Å². The van der Waals surface area contributed by atoms with Crippen LogP contribution in [0.3, 0.4) is 0 Å². The average Bonchev–Trinajstić information content (AvgIpc) is 3.61. The van der Waals surface area contributed by atoms with Crippen LogP contribution in [0, 0.1) is 0 Å². The van der Waals surface area contributed by atoms with E-state index in [4.69, 9.17) is 23.7 Å². The third-order valence-corrected chi connectivity index (χ3v) is 12.4. The molecule has 68 heavy (non-hydrogen) atoms. The van der Waals surface area contributed by atoms with E-state index in [-0.39, 0.29) is 73.2 Å². The Balaban J connectivity index is 0.915. The fraction of sp³-hybridized carbons (Fsp3) is 0.377. The Morgan fingerprint density at radius 2 is 1.49 bits per heavy atom. The van der Waals surface area contributed by atoms with E-state index in [9.17, 15) is 33.6 Å². The maximum Gasteiger partial charge on any atom is 0.329 e. The van der Waals surface area contributed by atoms with Crippen LogP contribution in [0.25, 0.3) is 0 Å². The van der Waals surface area contributed by atoms with E-state index in [1.807, 2.05) is 54.6 Å². The molecule has 2 fully saturated rings. The summed E-state index contributed by atoms with van der Waals surface area (Å²) in [4.78, 5) is 95.2. The van der Waals surface area contributed by atoms with Crippen LogP contribution < -0.4 is 24.3 Å². The summed E-state index contributed by atoms with van der Waals surface area (Å²) in [5.41, 5.74) is 3.12. The predicted octanol–water partition coefficient (Wildman–Crippen LogP) is 7.09. The molecule has 3 aliphatic rings. The van der Waals surface area contributed by atoms with E-state index >= 15 is 0 Å². The van der Waals surface area contributed by atoms with Gasteiger partial charge in [0, 0.05) is 25.1 Å². The summed E-state index contributed by atoms with van der Waals surface area (Å²) < 4.78 is 28.9. The number of rotatable bonds is 22. The lowest BCUT2D eigenvalue weighted by molar-refractivity contribution is -0.162. The number of amides is 4. The Hall–Kier alpha value is -7.29. The summed E-state index contributed by atoms with van der Waals surface area (Å²) >= 11 is 0. The number of ether oxygens (including phenoxy) is 5. The van der Waals surface area contributed by atoms with Crippen LogP contribution in [0.4, 0.5) is 0 Å². The van der Waals surface area contributed by atoms with Gasteiger partial charge in [0.1, 0.15) is 42.9 Å². The van der Waals surface area contributed by atoms with Crippen molar-refractivity contribution in [2.75, 3.05) is 34.0 Å². The third-order valence-electron chi connectivity index (χ3n) is 12.4. The Bertz CT molecular complexity index is 2540. The number of esters is 1. The van der Waals surface area contributed by atoms with Gasteiger partial charge in [-0.3, -0.25) is 33.7 Å². The number of piperidine rings is 2. The molecule has 4 aromatic carbocycles. The smallest absolute Gasteiger partial charge is 0.329 e. The molecule has 0 saturated carbocycles. The van der Waals surface area contributed by atoms with Crippen molar-refractivity contribution in [3.05, 3.63) is 131 Å². The zero-order chi connectivity index (χ0) is 48.2. The lowest BCUT2D eigenvalue weighted by Crippen LogP contribution is -2.51. The number of hydrogen-bond acceptors (Lipinski definition) is 12. The molecular weight excluding hydrogens is 871 g/mol. The van der Waals surface area contributed by atoms with Gasteiger partial charge in [-0.15, -0.1) is 0 Å². The number of imide groups is 1. The maximum atomic E-state index is 14.1. The first-order valence-electron chi connectivity index (χ1n) is 23.1. The number of unbranched alkanes of at least 4 members (excludes halogenated alkanes) is 1. The second-order valence-corrected chi connectivity index (χ2v) is 17.2. The average molecular weight is 928 g/mol. The Morgan fingerprint density at radius 3 is 2.22 bits per heavy atom. The van der Waals surface area contributed by atoms with E-state index < -0.39 is 41.9 Å². The van der Waals surface area contributed by atoms with Gasteiger partial charge in [0.05, 0.1) is 31.8 Å². The highest BCUT2D eigenvalue weighted by Crippen LogP contribution is 2.35. The number of nitrogens with zero attached hydrogens (tertiary/aromatic N) is 2. The van der Waals surface area contributed by atoms with Crippen LogP contribution in [-0.4, -0.2) is 97.0 Å². The molecule has 15 heteroatoms. The van der Waals surface area contributed by atoms with Gasteiger partial charge in [-0.05, 0) is 111 Å². The molecule has 1 N–H and O–H groups in total. The number of methoxy groups -OCH3 is 2. The largest absolute Gasteiger partial charge is 0.493 e. The Kier molecular flexibility index (Phi) is 16.4. The predicted molar refractivity (Wildman–Crippen MR) is 249 cm³/mol. The van der Waals surface area contributed by atoms with Gasteiger partial charge in [-0.2, -0.15) is 0 Å². The van der Waals surface area contributed by atoms with E-state index in [0.29, 0.717) is 73.6 Å². The number of carbonyl (C=O) groups is 7. The Labute approximate surface area is 395 Å². The van der Waals surface area contributed by atoms with E-state index in [0.717, 1.165) is 28.9 Å². The standard InChI is InChI=1S/C53H57N3O12/c1-34-22-25-42(50(60)54-34)56-51(61)41-19-12-21-46(49(41)52(56)62)67-33-39(58)17-8-7-16-38(57)32-66-40-18-11-15-37(31-40)44(26-23-36-24-27-45(64-2)47(29-36)65-3)68-53(63)43-20-9-10-28-55(43)48(59)30-35-13-5-4-6-14-35/h4-6,11-15,18-19,21,24,27,29,31,42-44H,1,7-10,16-17,20,22-23,25-26,28,30,32-33H2,2-3H3,(H,54,60)/t42?,43-,44+/m0/s1. The van der Waals surface area contributed by atoms with Crippen LogP contribution in [0.15, 0.2) is 103 Å². The molecule has 0 radical (unpaired) electrons. The highest BCUT2D eigenvalue weighted by atomic mass is 16.5. The number of allylic oxidation sites excluding steroid dienone is 1. The van der Waals surface area contributed by atoms with Gasteiger partial charge in [0.2, 0.25) is 11.8 Å². The summed E-state index contributed by atoms with van der Waals surface area (Å²) in [6.07, 6.45) is 4.29. The molecule has 3 heterocycles. The summed E-state index contributed by atoms with van der Waals surface area (Å²) in [6, 6.07) is 25.0. The van der Waals surface area contributed by atoms with Crippen molar-refractivity contribution < 1.29 is 57.2 Å². The molecule has 1 unspecified atom stereocenters. The van der Waals surface area contributed by atoms with Gasteiger partial charge in [-0.25, -0.2) is 4.79 Å². The molecule has 7 rings (SSSR count). The second-order valence-electron chi connectivity index (χ2n) is 17.2. The summed E-state index contributed by atoms with van der Waals surface area (Å²) in [7, 11) is 3.14. The second kappa shape index (κ2) is 22.9. The molecule has 4 amide bonds. The SMILES string of the molecule is C=C1CCC(N2C(=O)c3cccc(OCC(=O)CCCCC(=O)COc4cccc([C@@H](CCc5ccc(OC)c(OC)c5)OC(=O)[C@@H]5CCCCN5C(=O)Cc5ccccc5)c4)c3C2=O)C(=O)N1. The van der Waals surface area contributed by atoms with Crippen molar-refractivity contribution >= 4 is 41.2 Å². The fourth-order valence-corrected chi connectivity index (χ4v) is 8.79. The molecule has 2 saturated heterocycles. The Morgan fingerprint density at radius 1 is 0.750 bits per heavy atom. The molecule has 0 bridgehead atoms. The number of carbonyl (C=O) groups excluding carboxylic acids is 7. The van der Waals surface area contributed by atoms with Gasteiger partial charge in [0.15, 0.2) is 23.1 Å². The number of Topliss-reactive ketones (excluding diaryl/α,β-unsaturated/α-hetero) is 2. The highest BCUT2D eigenvalue weighted by molar-refractivity contribution is 6.24. The van der Waals surface area contributed by atoms with Crippen LogP contribution >= 0.6 is 0 Å². The van der Waals surface area contributed by atoms with Gasteiger partial charge >= 0.3 is 5.97 Å². The van der Waals surface area contributed by atoms with Crippen LogP contribution in [0.2, 0.25) is 0 Å². The van der Waals surface area contributed by atoms with Crippen molar-refractivity contribution in [1.82, 2.24) is 15.1 Å². The van der Waals surface area contributed by atoms with Gasteiger partial charge in [0.25, 0.3) is 11.8 Å². The van der Waals surface area contributed by atoms with Crippen LogP contribution in [-0.2, 0) is 41.6 Å². The summed E-state index contributed by atoms with van der Waals surface area (Å²) in [5, 5.41) is 2.60. The molecule has 356 valence electrons. The molecule has 0 aliphatic carbocycles. The minimum absolute atomic E-state index is 0.0170. The van der Waals surface area contributed by atoms with Crippen molar-refractivity contribution in [3.8, 4) is 23.0 Å². The maximum absolute atomic E-state index is 14.1. The topological polar surface area (TPSA) is 184 Å². The zero-order valence-corrected chi connectivity index (χ0v) is 38.5. The van der Waals surface area contributed by atoms with E-state index in [2.05, 4.69) is 11.9 Å². The van der Waals surface area contributed by atoms with Gasteiger partial charge in [-0.1, -0.05) is 61.2 Å². The van der Waals surface area contributed by atoms with E-state index in [1.54, 1.807) is 43.4 Å². The minimum atomic E-state index is -0.972. The zero-order valence-electron chi connectivity index (χ0n) is 38.5. The quantitative estimate of drug-likeness (QED) is 0.0481. The summed E-state index contributed by atoms with van der Waals surface area (Å²) in [5.74, 6) is -1.09. The number of likely N-dealkylation sites (tertiary alicyclic amines) is 1. The molecule has 0 spiro atoms. The van der Waals surface area contributed by atoms with Crippen molar-refractivity contribution in [2.45, 2.75) is 95.2 Å². The normalized spacial score (nSPS) is 17.2. The highest BCUT2D eigenvalue weighted by Gasteiger charge is 2.45. The first kappa shape index (κ1) is 48.6. The first-order chi connectivity index (χ1) is 32.9. The third kappa shape index (κ3) is 12.0. The molecule has 3 atom stereocenters. The van der Waals surface area contributed by atoms with Gasteiger partial charge < -0.3 is 33.9 Å². The van der Waals surface area contributed by atoms with Crippen molar-refractivity contribution in [1.29, 1.82) is 0 Å². The number of fused-ring (bicyclic) bond motifs is 1. The number of hydrogen-bond donors (Lipinski definition) is 1. The lowest BCUT2D eigenvalue weighted by atomic mass is 9.99. The monoisotopic (exact) mass is 927 g/mol. The molecular formula is C53H57N3O12. The van der Waals surface area contributed by atoms with Crippen molar-refractivity contribution in [3.63, 3.8) is 0 Å². The minimum Gasteiger partial charge on any atom is -0.493 e. The fourth-order valence-electron chi connectivity index (χ4n) is 8.79. The molecule has 4 aromatic rings. The molecule has 15 nitrogen and oxygen atoms in total. The first-order valence-corrected chi connectivity index (χ1v) is 23.1. The summed E-state index contributed by atoms with van der Waals surface area (Å²) in [6.45, 7) is 3.66. The number of nitrogens with one attached hydrogen (secondary N) is 1. The molecule has 0 aromatic heterocycles. The number of ketones is 2. The lowest BCUT2D eigenvalue weighted by Gasteiger charge is -2.35.